The van der Waals surface area contributed by atoms with Crippen LogP contribution in [0.4, 0.5) is 0 Å². The molecule has 0 heterocycles. The van der Waals surface area contributed by atoms with Crippen molar-refractivity contribution in [1.82, 2.24) is 5.32 Å². The van der Waals surface area contributed by atoms with E-state index in [0.717, 1.165) is 25.0 Å². The van der Waals surface area contributed by atoms with Crippen LogP contribution in [0.25, 0.3) is 0 Å². The van der Waals surface area contributed by atoms with E-state index in [1.165, 1.54) is 5.56 Å². The maximum Gasteiger partial charge on any atom is 0.261 e. The molecule has 0 aliphatic heterocycles. The second-order valence-electron chi connectivity index (χ2n) is 6.30. The first-order valence-electron chi connectivity index (χ1n) is 9.55. The second kappa shape index (κ2) is 11.5. The molecule has 1 atom stereocenters. The van der Waals surface area contributed by atoms with E-state index in [2.05, 4.69) is 18.3 Å². The number of para-hydroxylation sites is 2. The molecule has 0 saturated heterocycles. The van der Waals surface area contributed by atoms with E-state index in [0.29, 0.717) is 30.3 Å². The molecule has 4 nitrogen and oxygen atoms in total. The van der Waals surface area contributed by atoms with E-state index in [1.807, 2.05) is 37.3 Å². The number of carbonyl (C=O) groups is 1. The SMILES string of the molecule is CCCOc1ccccc1CCCNC(=O)[C@H](CC)Oc1ccccc1Cl. The molecule has 1 N–H and O–H groups in total. The third kappa shape index (κ3) is 6.79. The molecule has 0 radical (unpaired) electrons. The highest BCUT2D eigenvalue weighted by Crippen LogP contribution is 2.25. The molecule has 146 valence electrons. The highest BCUT2D eigenvalue weighted by Gasteiger charge is 2.18. The number of hydrogen-bond donors (Lipinski definition) is 1. The average molecular weight is 390 g/mol. The Bertz CT molecular complexity index is 720. The van der Waals surface area contributed by atoms with Gasteiger partial charge in [0, 0.05) is 6.54 Å². The number of aryl methyl sites for hydroxylation is 1. The first kappa shape index (κ1) is 21.1. The van der Waals surface area contributed by atoms with Gasteiger partial charge in [-0.05, 0) is 49.4 Å². The van der Waals surface area contributed by atoms with Gasteiger partial charge in [-0.2, -0.15) is 0 Å². The minimum Gasteiger partial charge on any atom is -0.493 e. The van der Waals surface area contributed by atoms with E-state index in [9.17, 15) is 4.79 Å². The van der Waals surface area contributed by atoms with Gasteiger partial charge >= 0.3 is 0 Å². The van der Waals surface area contributed by atoms with Crippen molar-refractivity contribution in [3.8, 4) is 11.5 Å². The van der Waals surface area contributed by atoms with Crippen molar-refractivity contribution in [3.63, 3.8) is 0 Å². The minimum absolute atomic E-state index is 0.118. The van der Waals surface area contributed by atoms with Crippen molar-refractivity contribution in [2.75, 3.05) is 13.2 Å². The van der Waals surface area contributed by atoms with Gasteiger partial charge in [-0.1, -0.05) is 55.8 Å². The van der Waals surface area contributed by atoms with Gasteiger partial charge in [0.25, 0.3) is 5.91 Å². The fourth-order valence-corrected chi connectivity index (χ4v) is 2.86. The van der Waals surface area contributed by atoms with Crippen LogP contribution in [0.5, 0.6) is 11.5 Å². The maximum absolute atomic E-state index is 12.4. The summed E-state index contributed by atoms with van der Waals surface area (Å²) in [7, 11) is 0. The fourth-order valence-electron chi connectivity index (χ4n) is 2.68. The first-order valence-corrected chi connectivity index (χ1v) is 9.93. The predicted molar refractivity (Wildman–Crippen MR) is 110 cm³/mol. The first-order chi connectivity index (χ1) is 13.2. The van der Waals surface area contributed by atoms with Crippen molar-refractivity contribution in [2.24, 2.45) is 0 Å². The molecule has 5 heteroatoms. The van der Waals surface area contributed by atoms with Crippen molar-refractivity contribution in [1.29, 1.82) is 0 Å². The Morgan fingerprint density at radius 2 is 1.78 bits per heavy atom. The summed E-state index contributed by atoms with van der Waals surface area (Å²) in [6.07, 6.45) is 2.69. The van der Waals surface area contributed by atoms with Crippen LogP contribution in [0.1, 0.15) is 38.7 Å². The number of nitrogens with one attached hydrogen (secondary N) is 1. The van der Waals surface area contributed by atoms with Gasteiger partial charge in [-0.3, -0.25) is 4.79 Å². The molecule has 27 heavy (non-hydrogen) atoms. The summed E-state index contributed by atoms with van der Waals surface area (Å²) in [4.78, 5) is 12.4. The number of benzene rings is 2. The van der Waals surface area contributed by atoms with Crippen LogP contribution in [0.3, 0.4) is 0 Å². The van der Waals surface area contributed by atoms with E-state index in [4.69, 9.17) is 21.1 Å². The van der Waals surface area contributed by atoms with E-state index < -0.39 is 6.10 Å². The number of hydrogen-bond acceptors (Lipinski definition) is 3. The molecule has 0 aliphatic rings. The van der Waals surface area contributed by atoms with Gasteiger partial charge in [0.15, 0.2) is 6.10 Å². The number of amides is 1. The van der Waals surface area contributed by atoms with E-state index in [1.54, 1.807) is 12.1 Å². The summed E-state index contributed by atoms with van der Waals surface area (Å²) in [5.41, 5.74) is 1.17. The van der Waals surface area contributed by atoms with Crippen LogP contribution in [0.15, 0.2) is 48.5 Å². The quantitative estimate of drug-likeness (QED) is 0.548. The Kier molecular flexibility index (Phi) is 8.99. The molecular weight excluding hydrogens is 362 g/mol. The molecule has 0 aromatic heterocycles. The molecule has 0 fully saturated rings. The van der Waals surface area contributed by atoms with Gasteiger partial charge in [-0.15, -0.1) is 0 Å². The summed E-state index contributed by atoms with van der Waals surface area (Å²) in [6.45, 7) is 5.31. The van der Waals surface area contributed by atoms with Crippen molar-refractivity contribution >= 4 is 17.5 Å². The molecule has 0 spiro atoms. The molecule has 0 aliphatic carbocycles. The van der Waals surface area contributed by atoms with Crippen LogP contribution in [-0.2, 0) is 11.2 Å². The normalized spacial score (nSPS) is 11.7. The number of ether oxygens (including phenoxy) is 2. The standard InChI is InChI=1S/C22H28ClNO3/c1-3-16-26-20-13-7-5-10-17(20)11-9-15-24-22(25)19(4-2)27-21-14-8-6-12-18(21)23/h5-8,10,12-14,19H,3-4,9,11,15-16H2,1-2H3,(H,24,25)/t19-/m0/s1. The van der Waals surface area contributed by atoms with Crippen LogP contribution in [-0.4, -0.2) is 25.2 Å². The monoisotopic (exact) mass is 389 g/mol. The van der Waals surface area contributed by atoms with Crippen molar-refractivity contribution in [3.05, 3.63) is 59.1 Å². The lowest BCUT2D eigenvalue weighted by molar-refractivity contribution is -0.128. The number of carbonyl (C=O) groups excluding carboxylic acids is 1. The lowest BCUT2D eigenvalue weighted by Gasteiger charge is -2.18. The largest absolute Gasteiger partial charge is 0.493 e. The fraction of sp³-hybridized carbons (Fsp3) is 0.409. The molecule has 2 aromatic rings. The van der Waals surface area contributed by atoms with Crippen molar-refractivity contribution in [2.45, 2.75) is 45.6 Å². The summed E-state index contributed by atoms with van der Waals surface area (Å²) in [6, 6.07) is 15.2. The van der Waals surface area contributed by atoms with Gasteiger partial charge in [-0.25, -0.2) is 0 Å². The molecule has 2 rings (SSSR count). The third-order valence-corrected chi connectivity index (χ3v) is 4.44. The van der Waals surface area contributed by atoms with Gasteiger partial charge in [0.1, 0.15) is 11.5 Å². The summed E-state index contributed by atoms with van der Waals surface area (Å²) in [5, 5.41) is 3.47. The Morgan fingerprint density at radius 3 is 2.48 bits per heavy atom. The molecule has 2 aromatic carbocycles. The van der Waals surface area contributed by atoms with Gasteiger partial charge in [0.2, 0.25) is 0 Å². The topological polar surface area (TPSA) is 47.6 Å². The summed E-state index contributed by atoms with van der Waals surface area (Å²) < 4.78 is 11.5. The highest BCUT2D eigenvalue weighted by molar-refractivity contribution is 6.32. The van der Waals surface area contributed by atoms with Gasteiger partial charge in [0.05, 0.1) is 11.6 Å². The lowest BCUT2D eigenvalue weighted by atomic mass is 10.1. The Hall–Kier alpha value is -2.20. The Morgan fingerprint density at radius 1 is 1.07 bits per heavy atom. The molecule has 0 saturated carbocycles. The zero-order valence-electron chi connectivity index (χ0n) is 16.0. The van der Waals surface area contributed by atoms with E-state index >= 15 is 0 Å². The number of halogens is 1. The van der Waals surface area contributed by atoms with Crippen LogP contribution < -0.4 is 14.8 Å². The molecule has 0 bridgehead atoms. The smallest absolute Gasteiger partial charge is 0.261 e. The van der Waals surface area contributed by atoms with Crippen LogP contribution in [0.2, 0.25) is 5.02 Å². The highest BCUT2D eigenvalue weighted by atomic mass is 35.5. The summed E-state index contributed by atoms with van der Waals surface area (Å²) in [5.74, 6) is 1.34. The van der Waals surface area contributed by atoms with Gasteiger partial charge < -0.3 is 14.8 Å². The summed E-state index contributed by atoms with van der Waals surface area (Å²) >= 11 is 6.11. The Labute approximate surface area is 166 Å². The molecular formula is C22H28ClNO3. The maximum atomic E-state index is 12.4. The molecule has 0 unspecified atom stereocenters. The zero-order chi connectivity index (χ0) is 19.5. The van der Waals surface area contributed by atoms with E-state index in [-0.39, 0.29) is 5.91 Å². The zero-order valence-corrected chi connectivity index (χ0v) is 16.8. The van der Waals surface area contributed by atoms with Crippen molar-refractivity contribution < 1.29 is 14.3 Å². The average Bonchev–Trinajstić information content (AvgIpc) is 2.69. The predicted octanol–water partition coefficient (Wildman–Crippen LogP) is 5.04. The second-order valence-corrected chi connectivity index (χ2v) is 6.70. The minimum atomic E-state index is -0.551. The third-order valence-electron chi connectivity index (χ3n) is 4.13. The lowest BCUT2D eigenvalue weighted by Crippen LogP contribution is -2.38. The van der Waals surface area contributed by atoms with Crippen LogP contribution in [0, 0.1) is 0 Å². The Balaban J connectivity index is 1.80. The number of rotatable bonds is 11. The van der Waals surface area contributed by atoms with Crippen LogP contribution >= 0.6 is 11.6 Å². The molecule has 1 amide bonds.